The van der Waals surface area contributed by atoms with E-state index in [0.29, 0.717) is 37.9 Å². The number of fused-ring (bicyclic) bond motifs is 1. The Labute approximate surface area is 127 Å². The molecule has 2 aliphatic rings. The van der Waals surface area contributed by atoms with Gasteiger partial charge in [0.25, 0.3) is 0 Å². The van der Waals surface area contributed by atoms with Crippen LogP contribution in [-0.2, 0) is 16.1 Å². The Balaban J connectivity index is 1.70. The predicted octanol–water partition coefficient (Wildman–Crippen LogP) is 1.51. The first-order chi connectivity index (χ1) is 10.1. The van der Waals surface area contributed by atoms with E-state index in [4.69, 9.17) is 21.1 Å². The highest BCUT2D eigenvalue weighted by atomic mass is 35.5. The van der Waals surface area contributed by atoms with Crippen molar-refractivity contribution >= 4 is 23.6 Å². The maximum absolute atomic E-state index is 12.3. The third kappa shape index (κ3) is 3.05. The Morgan fingerprint density at radius 2 is 2.05 bits per heavy atom. The second-order valence-corrected chi connectivity index (χ2v) is 5.39. The van der Waals surface area contributed by atoms with E-state index in [0.717, 1.165) is 11.3 Å². The largest absolute Gasteiger partial charge is 0.491 e. The van der Waals surface area contributed by atoms with E-state index >= 15 is 0 Å². The van der Waals surface area contributed by atoms with Gasteiger partial charge in [0.1, 0.15) is 25.5 Å². The van der Waals surface area contributed by atoms with E-state index in [2.05, 4.69) is 0 Å². The van der Waals surface area contributed by atoms with Crippen LogP contribution in [0.5, 0.6) is 5.75 Å². The van der Waals surface area contributed by atoms with E-state index in [1.165, 1.54) is 4.90 Å². The molecule has 1 saturated heterocycles. The van der Waals surface area contributed by atoms with Crippen molar-refractivity contribution in [2.75, 3.05) is 32.8 Å². The summed E-state index contributed by atoms with van der Waals surface area (Å²) in [5, 5.41) is 0.606. The molecule has 1 fully saturated rings. The Morgan fingerprint density at radius 3 is 2.81 bits per heavy atom. The van der Waals surface area contributed by atoms with Crippen LogP contribution in [0.2, 0.25) is 5.02 Å². The van der Waals surface area contributed by atoms with Crippen molar-refractivity contribution in [2.45, 2.75) is 6.54 Å². The second-order valence-electron chi connectivity index (χ2n) is 4.95. The first-order valence-corrected chi connectivity index (χ1v) is 7.12. The molecular weight excluding hydrogens is 296 g/mol. The number of halogens is 1. The molecule has 0 unspecified atom stereocenters. The van der Waals surface area contributed by atoms with E-state index in [1.807, 2.05) is 6.07 Å². The topological polar surface area (TPSA) is 59.1 Å². The molecular formula is C14H15ClN2O4. The number of carbonyl (C=O) groups is 2. The van der Waals surface area contributed by atoms with Crippen LogP contribution in [0.15, 0.2) is 18.2 Å². The minimum atomic E-state index is -0.433. The molecule has 1 aromatic carbocycles. The molecule has 7 heteroatoms. The van der Waals surface area contributed by atoms with Gasteiger partial charge in [0, 0.05) is 17.1 Å². The fraction of sp³-hybridized carbons (Fsp3) is 0.429. The summed E-state index contributed by atoms with van der Waals surface area (Å²) in [5.41, 5.74) is 0.873. The molecule has 2 aliphatic heterocycles. The zero-order valence-corrected chi connectivity index (χ0v) is 12.1. The highest BCUT2D eigenvalue weighted by molar-refractivity contribution is 6.30. The van der Waals surface area contributed by atoms with Crippen molar-refractivity contribution in [3.05, 3.63) is 28.8 Å². The van der Waals surface area contributed by atoms with Crippen molar-refractivity contribution in [3.63, 3.8) is 0 Å². The van der Waals surface area contributed by atoms with Gasteiger partial charge in [-0.1, -0.05) is 11.6 Å². The summed E-state index contributed by atoms with van der Waals surface area (Å²) in [7, 11) is 0. The van der Waals surface area contributed by atoms with E-state index in [-0.39, 0.29) is 12.5 Å². The van der Waals surface area contributed by atoms with Crippen LogP contribution < -0.4 is 4.74 Å². The highest BCUT2D eigenvalue weighted by Gasteiger charge is 2.27. The zero-order valence-electron chi connectivity index (χ0n) is 11.4. The lowest BCUT2D eigenvalue weighted by Crippen LogP contribution is -2.41. The number of nitrogens with zero attached hydrogens (tertiary/aromatic N) is 2. The van der Waals surface area contributed by atoms with Crippen LogP contribution >= 0.6 is 11.6 Å². The Hall–Kier alpha value is -1.95. The molecule has 0 N–H and O–H groups in total. The van der Waals surface area contributed by atoms with E-state index in [1.54, 1.807) is 17.0 Å². The number of cyclic esters (lactones) is 1. The van der Waals surface area contributed by atoms with Gasteiger partial charge >= 0.3 is 6.09 Å². The molecule has 0 aliphatic carbocycles. The highest BCUT2D eigenvalue weighted by Crippen LogP contribution is 2.26. The van der Waals surface area contributed by atoms with Crippen LogP contribution in [0.4, 0.5) is 4.79 Å². The normalized spacial score (nSPS) is 17.9. The first-order valence-electron chi connectivity index (χ1n) is 6.74. The Bertz CT molecular complexity index is 578. The first kappa shape index (κ1) is 14.0. The number of ether oxygens (including phenoxy) is 2. The van der Waals surface area contributed by atoms with Crippen LogP contribution in [-0.4, -0.2) is 54.6 Å². The number of benzene rings is 1. The zero-order chi connectivity index (χ0) is 14.8. The summed E-state index contributed by atoms with van der Waals surface area (Å²) < 4.78 is 10.4. The summed E-state index contributed by atoms with van der Waals surface area (Å²) in [4.78, 5) is 26.8. The second kappa shape index (κ2) is 5.81. The van der Waals surface area contributed by atoms with Crippen molar-refractivity contribution in [2.24, 2.45) is 0 Å². The monoisotopic (exact) mass is 310 g/mol. The Morgan fingerprint density at radius 1 is 1.24 bits per heavy atom. The Kier molecular flexibility index (Phi) is 3.88. The summed E-state index contributed by atoms with van der Waals surface area (Å²) in [6.45, 7) is 2.16. The van der Waals surface area contributed by atoms with Crippen molar-refractivity contribution in [3.8, 4) is 5.75 Å². The molecule has 0 spiro atoms. The van der Waals surface area contributed by atoms with Crippen LogP contribution in [0.3, 0.4) is 0 Å². The summed E-state index contributed by atoms with van der Waals surface area (Å²) in [5.74, 6) is 0.626. The number of hydrogen-bond donors (Lipinski definition) is 0. The molecule has 2 amide bonds. The molecule has 112 valence electrons. The molecule has 1 aromatic rings. The summed E-state index contributed by atoms with van der Waals surface area (Å²) >= 11 is 5.99. The van der Waals surface area contributed by atoms with Crippen LogP contribution in [0, 0.1) is 0 Å². The molecule has 2 heterocycles. The van der Waals surface area contributed by atoms with Gasteiger partial charge in [0.15, 0.2) is 0 Å². The van der Waals surface area contributed by atoms with Gasteiger partial charge in [-0.25, -0.2) is 4.79 Å². The third-order valence-electron chi connectivity index (χ3n) is 3.53. The van der Waals surface area contributed by atoms with Crippen molar-refractivity contribution in [1.29, 1.82) is 0 Å². The predicted molar refractivity (Wildman–Crippen MR) is 75.3 cm³/mol. The number of amides is 2. The molecule has 0 atom stereocenters. The lowest BCUT2D eigenvalue weighted by atomic mass is 10.2. The van der Waals surface area contributed by atoms with Gasteiger partial charge in [-0.2, -0.15) is 0 Å². The van der Waals surface area contributed by atoms with E-state index < -0.39 is 6.09 Å². The van der Waals surface area contributed by atoms with Crippen molar-refractivity contribution in [1.82, 2.24) is 9.80 Å². The standard InChI is InChI=1S/C14H15ClN2O4/c15-11-1-2-12-10(7-11)8-16(3-5-20-12)13(18)9-17-4-6-21-14(17)19/h1-2,7H,3-6,8-9H2. The molecule has 0 bridgehead atoms. The molecule has 6 nitrogen and oxygen atoms in total. The maximum Gasteiger partial charge on any atom is 0.410 e. The number of carbonyl (C=O) groups excluding carboxylic acids is 2. The quantitative estimate of drug-likeness (QED) is 0.831. The van der Waals surface area contributed by atoms with E-state index in [9.17, 15) is 9.59 Å². The third-order valence-corrected chi connectivity index (χ3v) is 3.76. The molecule has 21 heavy (non-hydrogen) atoms. The van der Waals surface area contributed by atoms with Gasteiger partial charge in [-0.15, -0.1) is 0 Å². The molecule has 3 rings (SSSR count). The van der Waals surface area contributed by atoms with Gasteiger partial charge < -0.3 is 14.4 Å². The fourth-order valence-corrected chi connectivity index (χ4v) is 2.60. The SMILES string of the molecule is O=C(CN1CCOC1=O)N1CCOc2ccc(Cl)cc2C1. The summed E-state index contributed by atoms with van der Waals surface area (Å²) in [6.07, 6.45) is -0.433. The smallest absolute Gasteiger partial charge is 0.410 e. The van der Waals surface area contributed by atoms with Gasteiger partial charge in [-0.05, 0) is 18.2 Å². The van der Waals surface area contributed by atoms with Gasteiger partial charge in [-0.3, -0.25) is 9.69 Å². The average Bonchev–Trinajstić information content (AvgIpc) is 2.74. The van der Waals surface area contributed by atoms with Crippen LogP contribution in [0.1, 0.15) is 5.56 Å². The van der Waals surface area contributed by atoms with Crippen LogP contribution in [0.25, 0.3) is 0 Å². The lowest BCUT2D eigenvalue weighted by Gasteiger charge is -2.22. The fourth-order valence-electron chi connectivity index (χ4n) is 2.41. The minimum Gasteiger partial charge on any atom is -0.491 e. The van der Waals surface area contributed by atoms with Crippen molar-refractivity contribution < 1.29 is 19.1 Å². The lowest BCUT2D eigenvalue weighted by molar-refractivity contribution is -0.132. The average molecular weight is 311 g/mol. The van der Waals surface area contributed by atoms with Gasteiger partial charge in [0.05, 0.1) is 13.1 Å². The maximum atomic E-state index is 12.3. The molecule has 0 saturated carbocycles. The molecule has 0 aromatic heterocycles. The number of rotatable bonds is 2. The summed E-state index contributed by atoms with van der Waals surface area (Å²) in [6, 6.07) is 5.37. The van der Waals surface area contributed by atoms with Gasteiger partial charge in [0.2, 0.25) is 5.91 Å². The minimum absolute atomic E-state index is 0.0364. The molecule has 0 radical (unpaired) electrons. The number of hydrogen-bond acceptors (Lipinski definition) is 4.